The Morgan fingerprint density at radius 3 is 2.00 bits per heavy atom. The molecule has 0 saturated heterocycles. The zero-order chi connectivity index (χ0) is 12.8. The predicted octanol–water partition coefficient (Wildman–Crippen LogP) is -3.77. The summed E-state index contributed by atoms with van der Waals surface area (Å²) in [6.45, 7) is 9.69. The van der Waals surface area contributed by atoms with Crippen molar-refractivity contribution in [2.24, 2.45) is 0 Å². The molecule has 0 radical (unpaired) electrons. The Kier molecular flexibility index (Phi) is 9.18. The maximum Gasteiger partial charge on any atom is 0.289 e. The van der Waals surface area contributed by atoms with E-state index in [4.69, 9.17) is 17.1 Å². The van der Waals surface area contributed by atoms with E-state index in [0.29, 0.717) is 6.79 Å². The summed E-state index contributed by atoms with van der Waals surface area (Å²) in [5, 5.41) is 0. The highest BCUT2D eigenvalue weighted by Crippen LogP contribution is 2.12. The lowest BCUT2D eigenvalue weighted by Gasteiger charge is -2.36. The minimum absolute atomic E-state index is 0.485. The van der Waals surface area contributed by atoms with Crippen molar-refractivity contribution in [3.05, 3.63) is 0 Å². The quantitative estimate of drug-likeness (QED) is 0.334. The Labute approximate surface area is 114 Å². The van der Waals surface area contributed by atoms with Crippen molar-refractivity contribution in [2.75, 3.05) is 6.79 Å². The van der Waals surface area contributed by atoms with E-state index in [1.807, 2.05) is 0 Å². The van der Waals surface area contributed by atoms with E-state index in [0.717, 1.165) is 30.7 Å². The molecule has 4 nitrogen and oxygen atoms in total. The van der Waals surface area contributed by atoms with Crippen LogP contribution in [0.5, 0.6) is 0 Å². The van der Waals surface area contributed by atoms with Crippen molar-refractivity contribution in [2.45, 2.75) is 26.2 Å². The SMILES string of the molecule is C[SiH](C)O[Si]([SiH3])(O[SiH3])[SiH](OCO[SiH3])[SiH](C)C. The largest absolute Gasteiger partial charge is 0.449 e. The van der Waals surface area contributed by atoms with Gasteiger partial charge in [0.15, 0.2) is 9.04 Å². The normalized spacial score (nSPS) is 18.4. The highest BCUT2D eigenvalue weighted by atomic mass is 29.8. The lowest BCUT2D eigenvalue weighted by molar-refractivity contribution is 0.134. The van der Waals surface area contributed by atoms with Gasteiger partial charge in [-0.2, -0.15) is 0 Å². The van der Waals surface area contributed by atoms with Gasteiger partial charge in [-0.05, 0) is 13.1 Å². The summed E-state index contributed by atoms with van der Waals surface area (Å²) in [6, 6.07) is 0. The fourth-order valence-corrected chi connectivity index (χ4v) is 63.2. The average Bonchev–Trinajstić information content (AvgIpc) is 2.16. The molecule has 0 spiro atoms. The summed E-state index contributed by atoms with van der Waals surface area (Å²) < 4.78 is 23.4. The molecule has 0 bridgehead atoms. The molecule has 0 heterocycles. The number of hydrogen-bond donors (Lipinski definition) is 0. The van der Waals surface area contributed by atoms with E-state index in [9.17, 15) is 0 Å². The molecule has 0 aromatic heterocycles. The fourth-order valence-electron chi connectivity index (χ4n) is 1.79. The summed E-state index contributed by atoms with van der Waals surface area (Å²) in [6.07, 6.45) is 0. The second-order valence-corrected chi connectivity index (χ2v) is 35.9. The molecule has 0 N–H and O–H groups in total. The van der Waals surface area contributed by atoms with Crippen LogP contribution in [-0.2, 0) is 17.1 Å². The first-order valence-corrected chi connectivity index (χ1v) is 22.7. The monoisotopic (exact) mass is 346 g/mol. The number of rotatable bonds is 8. The van der Waals surface area contributed by atoms with Gasteiger partial charge in [0.25, 0.3) is 7.60 Å². The Morgan fingerprint density at radius 2 is 1.69 bits per heavy atom. The van der Waals surface area contributed by atoms with E-state index in [-0.39, 0.29) is 0 Å². The van der Waals surface area contributed by atoms with Crippen LogP contribution < -0.4 is 0 Å². The van der Waals surface area contributed by atoms with E-state index in [1.54, 1.807) is 0 Å². The van der Waals surface area contributed by atoms with Gasteiger partial charge in [-0.15, -0.1) is 0 Å². The molecule has 11 heteroatoms. The average molecular weight is 347 g/mol. The molecule has 98 valence electrons. The van der Waals surface area contributed by atoms with Crippen molar-refractivity contribution in [1.29, 1.82) is 0 Å². The fraction of sp³-hybridized carbons (Fsp3) is 1.00. The third kappa shape index (κ3) is 5.80. The molecule has 0 aliphatic heterocycles. The first-order valence-electron chi connectivity index (χ1n) is 5.70. The molecule has 2 unspecified atom stereocenters. The Morgan fingerprint density at radius 1 is 1.12 bits per heavy atom. The van der Waals surface area contributed by atoms with Crippen LogP contribution >= 0.6 is 0 Å². The zero-order valence-electron chi connectivity index (χ0n) is 11.6. The number of hydrogen-bond acceptors (Lipinski definition) is 4. The summed E-state index contributed by atoms with van der Waals surface area (Å²) in [4.78, 5) is 0. The standard InChI is InChI=1S/C5H26O4Si7/c1-13(2)9-16(12,8-11)15(14(3)4)7-5-6-10/h13-15H,5H2,1-4,10-12H3. The molecule has 16 heavy (non-hydrogen) atoms. The van der Waals surface area contributed by atoms with Gasteiger partial charge >= 0.3 is 0 Å². The van der Waals surface area contributed by atoms with Crippen molar-refractivity contribution in [3.63, 3.8) is 0 Å². The van der Waals surface area contributed by atoms with E-state index >= 15 is 0 Å². The molecule has 0 aliphatic rings. The molecular formula is C5H26O4Si7. The molecule has 2 atom stereocenters. The summed E-state index contributed by atoms with van der Waals surface area (Å²) in [5.74, 6) is 0. The van der Waals surface area contributed by atoms with Gasteiger partial charge in [0.05, 0.1) is 18.1 Å². The van der Waals surface area contributed by atoms with Crippen molar-refractivity contribution in [3.8, 4) is 0 Å². The smallest absolute Gasteiger partial charge is 0.289 e. The van der Waals surface area contributed by atoms with Crippen LogP contribution in [0.15, 0.2) is 0 Å². The molecule has 0 aliphatic carbocycles. The molecule has 0 aromatic carbocycles. The highest BCUT2D eigenvalue weighted by molar-refractivity contribution is 7.62. The molecule has 0 amide bonds. The van der Waals surface area contributed by atoms with Crippen molar-refractivity contribution < 1.29 is 17.1 Å². The van der Waals surface area contributed by atoms with Crippen molar-refractivity contribution >= 4 is 63.8 Å². The minimum atomic E-state index is -1.84. The molecular weight excluding hydrogens is 321 g/mol. The lowest BCUT2D eigenvalue weighted by Crippen LogP contribution is -2.66. The first-order chi connectivity index (χ1) is 7.37. The van der Waals surface area contributed by atoms with Gasteiger partial charge in [-0.25, -0.2) is 0 Å². The second-order valence-electron chi connectivity index (χ2n) is 4.62. The predicted molar refractivity (Wildman–Crippen MR) is 89.7 cm³/mol. The summed E-state index contributed by atoms with van der Waals surface area (Å²) in [7, 11) is -2.27. The van der Waals surface area contributed by atoms with Gasteiger partial charge in [0.2, 0.25) is 8.08 Å². The zero-order valence-corrected chi connectivity index (χ0v) is 22.0. The van der Waals surface area contributed by atoms with Gasteiger partial charge in [0, 0.05) is 0 Å². The third-order valence-electron chi connectivity index (χ3n) is 2.36. The highest BCUT2D eigenvalue weighted by Gasteiger charge is 2.44. The van der Waals surface area contributed by atoms with Gasteiger partial charge in [-0.1, -0.05) is 13.1 Å². The molecule has 0 rings (SSSR count). The first kappa shape index (κ1) is 17.4. The van der Waals surface area contributed by atoms with Crippen LogP contribution in [0.3, 0.4) is 0 Å². The van der Waals surface area contributed by atoms with Crippen LogP contribution in [-0.4, -0.2) is 70.6 Å². The summed E-state index contributed by atoms with van der Waals surface area (Å²) >= 11 is 0. The summed E-state index contributed by atoms with van der Waals surface area (Å²) in [5.41, 5.74) is 0. The van der Waals surface area contributed by atoms with Gasteiger partial charge < -0.3 is 17.1 Å². The van der Waals surface area contributed by atoms with E-state index in [1.165, 1.54) is 0 Å². The Bertz CT molecular complexity index is 194. The third-order valence-corrected chi connectivity index (χ3v) is 51.9. The maximum atomic E-state index is 6.29. The van der Waals surface area contributed by atoms with Crippen LogP contribution in [0.2, 0.25) is 26.2 Å². The van der Waals surface area contributed by atoms with Crippen LogP contribution in [0.4, 0.5) is 0 Å². The van der Waals surface area contributed by atoms with Gasteiger partial charge in [-0.3, -0.25) is 0 Å². The second kappa shape index (κ2) is 8.46. The molecule has 0 saturated carbocycles. The maximum absolute atomic E-state index is 6.29. The van der Waals surface area contributed by atoms with Crippen molar-refractivity contribution in [1.82, 2.24) is 0 Å². The Balaban J connectivity index is 4.67. The van der Waals surface area contributed by atoms with E-state index in [2.05, 4.69) is 26.2 Å². The lowest BCUT2D eigenvalue weighted by atomic mass is 11.6. The minimum Gasteiger partial charge on any atom is -0.449 e. The topological polar surface area (TPSA) is 36.9 Å². The molecule has 0 fully saturated rings. The van der Waals surface area contributed by atoms with Crippen LogP contribution in [0.25, 0.3) is 0 Å². The Hall–Kier alpha value is 1.36. The van der Waals surface area contributed by atoms with Crippen LogP contribution in [0.1, 0.15) is 0 Å². The van der Waals surface area contributed by atoms with Crippen LogP contribution in [0, 0.1) is 0 Å². The molecule has 0 aromatic rings. The van der Waals surface area contributed by atoms with E-state index < -0.39 is 33.0 Å². The van der Waals surface area contributed by atoms with Gasteiger partial charge in [0.1, 0.15) is 27.8 Å².